The molecule has 1 saturated heterocycles. The van der Waals surface area contributed by atoms with Gasteiger partial charge in [-0.25, -0.2) is 10.8 Å². The van der Waals surface area contributed by atoms with Crippen molar-refractivity contribution >= 4 is 33.3 Å². The van der Waals surface area contributed by atoms with E-state index in [2.05, 4.69) is 38.7 Å². The molecule has 2 aromatic rings. The van der Waals surface area contributed by atoms with Crippen molar-refractivity contribution < 1.29 is 0 Å². The largest absolute Gasteiger partial charge is 0.367 e. The third-order valence-corrected chi connectivity index (χ3v) is 4.32. The number of hydrazine groups is 1. The van der Waals surface area contributed by atoms with Crippen molar-refractivity contribution in [2.24, 2.45) is 5.84 Å². The smallest absolute Gasteiger partial charge is 0.240 e. The lowest BCUT2D eigenvalue weighted by molar-refractivity contribution is 0.264. The highest BCUT2D eigenvalue weighted by Gasteiger charge is 2.18. The first-order valence-electron chi connectivity index (χ1n) is 6.43. The van der Waals surface area contributed by atoms with Gasteiger partial charge in [-0.1, -0.05) is 0 Å². The van der Waals surface area contributed by atoms with Crippen LogP contribution in [0, 0.1) is 0 Å². The minimum absolute atomic E-state index is 0.463. The molecule has 1 aliphatic heterocycles. The summed E-state index contributed by atoms with van der Waals surface area (Å²) < 4.78 is 0. The van der Waals surface area contributed by atoms with E-state index in [0.29, 0.717) is 12.0 Å². The predicted octanol–water partition coefficient (Wildman–Crippen LogP) is 1.48. The van der Waals surface area contributed by atoms with Gasteiger partial charge in [0.25, 0.3) is 0 Å². The average molecular weight is 278 g/mol. The Morgan fingerprint density at radius 2 is 2.16 bits per heavy atom. The van der Waals surface area contributed by atoms with Crippen LogP contribution in [0.1, 0.15) is 12.8 Å². The Balaban J connectivity index is 1.85. The van der Waals surface area contributed by atoms with Crippen LogP contribution in [0.5, 0.6) is 0 Å². The van der Waals surface area contributed by atoms with Gasteiger partial charge >= 0.3 is 0 Å². The fraction of sp³-hybridized carbons (Fsp3) is 0.500. The number of aromatic nitrogens is 2. The quantitative estimate of drug-likeness (QED) is 0.583. The summed E-state index contributed by atoms with van der Waals surface area (Å²) in [6.07, 6.45) is 2.27. The van der Waals surface area contributed by atoms with Gasteiger partial charge in [-0.2, -0.15) is 4.98 Å². The summed E-state index contributed by atoms with van der Waals surface area (Å²) in [5.74, 6) is 6.77. The highest BCUT2D eigenvalue weighted by molar-refractivity contribution is 7.16. The van der Waals surface area contributed by atoms with Crippen molar-refractivity contribution in [3.05, 3.63) is 11.4 Å². The highest BCUT2D eigenvalue weighted by atomic mass is 32.1. The molecule has 0 aliphatic carbocycles. The van der Waals surface area contributed by atoms with Crippen LogP contribution in [0.2, 0.25) is 0 Å². The van der Waals surface area contributed by atoms with Crippen LogP contribution in [-0.4, -0.2) is 41.0 Å². The van der Waals surface area contributed by atoms with E-state index < -0.39 is 0 Å². The molecule has 0 spiro atoms. The second-order valence-corrected chi connectivity index (χ2v) is 5.80. The molecule has 0 atom stereocenters. The molecular formula is C12H18N6S. The van der Waals surface area contributed by atoms with Crippen molar-refractivity contribution in [2.75, 3.05) is 30.9 Å². The first-order chi connectivity index (χ1) is 9.26. The van der Waals surface area contributed by atoms with E-state index in [4.69, 9.17) is 5.84 Å². The molecule has 6 nitrogen and oxygen atoms in total. The maximum absolute atomic E-state index is 5.43. The normalized spacial score (nSPS) is 17.8. The summed E-state index contributed by atoms with van der Waals surface area (Å²) in [4.78, 5) is 12.1. The maximum Gasteiger partial charge on any atom is 0.240 e. The fourth-order valence-electron chi connectivity index (χ4n) is 2.38. The molecule has 7 heteroatoms. The molecule has 0 bridgehead atoms. The van der Waals surface area contributed by atoms with Gasteiger partial charge in [-0.05, 0) is 44.4 Å². The van der Waals surface area contributed by atoms with Crippen molar-refractivity contribution in [1.29, 1.82) is 0 Å². The number of piperidine rings is 1. The third kappa shape index (κ3) is 2.63. The SMILES string of the molecule is CN1CCC(Nc2nc(NN)nc3sccc23)CC1. The summed E-state index contributed by atoms with van der Waals surface area (Å²) in [6, 6.07) is 2.53. The number of nitrogen functional groups attached to an aromatic ring is 1. The van der Waals surface area contributed by atoms with Gasteiger partial charge in [0.15, 0.2) is 0 Å². The number of anilines is 2. The minimum Gasteiger partial charge on any atom is -0.367 e. The maximum atomic E-state index is 5.43. The number of fused-ring (bicyclic) bond motifs is 1. The molecule has 0 aromatic carbocycles. The Morgan fingerprint density at radius 1 is 1.37 bits per heavy atom. The van der Waals surface area contributed by atoms with Gasteiger partial charge in [0.05, 0.1) is 5.39 Å². The van der Waals surface area contributed by atoms with Crippen LogP contribution in [0.15, 0.2) is 11.4 Å². The number of thiophene rings is 1. The number of hydrogen-bond donors (Lipinski definition) is 3. The van der Waals surface area contributed by atoms with Gasteiger partial charge in [-0.3, -0.25) is 5.43 Å². The topological polar surface area (TPSA) is 79.1 Å². The van der Waals surface area contributed by atoms with E-state index in [1.165, 1.54) is 0 Å². The first kappa shape index (κ1) is 12.6. The standard InChI is InChI=1S/C12H18N6S/c1-18-5-2-8(3-6-18)14-10-9-4-7-19-11(9)16-12(15-10)17-13/h4,7-8H,2-3,5-6,13H2,1H3,(H2,14,15,16,17). The molecule has 2 aromatic heterocycles. The van der Waals surface area contributed by atoms with Crippen LogP contribution in [0.4, 0.5) is 11.8 Å². The summed E-state index contributed by atoms with van der Waals surface area (Å²) in [5.41, 5.74) is 2.53. The lowest BCUT2D eigenvalue weighted by Crippen LogP contribution is -2.37. The minimum atomic E-state index is 0.463. The number of hydrogen-bond acceptors (Lipinski definition) is 7. The van der Waals surface area contributed by atoms with E-state index in [1.807, 2.05) is 5.38 Å². The average Bonchev–Trinajstić information content (AvgIpc) is 2.89. The zero-order chi connectivity index (χ0) is 13.2. The van der Waals surface area contributed by atoms with Crippen LogP contribution in [0.3, 0.4) is 0 Å². The Bertz CT molecular complexity index is 560. The lowest BCUT2D eigenvalue weighted by atomic mass is 10.1. The second kappa shape index (κ2) is 5.28. The van der Waals surface area contributed by atoms with Crippen LogP contribution < -0.4 is 16.6 Å². The number of nitrogens with zero attached hydrogens (tertiary/aromatic N) is 3. The number of likely N-dealkylation sites (tertiary alicyclic amines) is 1. The zero-order valence-corrected chi connectivity index (χ0v) is 11.7. The van der Waals surface area contributed by atoms with Gasteiger partial charge < -0.3 is 10.2 Å². The molecule has 4 N–H and O–H groups in total. The summed E-state index contributed by atoms with van der Waals surface area (Å²) >= 11 is 1.60. The number of nitrogens with two attached hydrogens (primary N) is 1. The molecule has 0 amide bonds. The molecule has 1 aliphatic rings. The van der Waals surface area contributed by atoms with Crippen molar-refractivity contribution in [2.45, 2.75) is 18.9 Å². The van der Waals surface area contributed by atoms with Crippen molar-refractivity contribution in [3.8, 4) is 0 Å². The van der Waals surface area contributed by atoms with Crippen molar-refractivity contribution in [1.82, 2.24) is 14.9 Å². The summed E-state index contributed by atoms with van der Waals surface area (Å²) in [7, 11) is 2.16. The lowest BCUT2D eigenvalue weighted by Gasteiger charge is -2.29. The van der Waals surface area contributed by atoms with Crippen molar-refractivity contribution in [3.63, 3.8) is 0 Å². The van der Waals surface area contributed by atoms with Crippen LogP contribution >= 0.6 is 11.3 Å². The third-order valence-electron chi connectivity index (χ3n) is 3.51. The van der Waals surface area contributed by atoms with E-state index >= 15 is 0 Å². The number of nitrogens with one attached hydrogen (secondary N) is 2. The van der Waals surface area contributed by atoms with Gasteiger partial charge in [0, 0.05) is 6.04 Å². The Labute approximate surface area is 116 Å². The molecule has 102 valence electrons. The van der Waals surface area contributed by atoms with E-state index in [9.17, 15) is 0 Å². The molecule has 1 fully saturated rings. The molecule has 0 saturated carbocycles. The second-order valence-electron chi connectivity index (χ2n) is 4.90. The monoisotopic (exact) mass is 278 g/mol. The summed E-state index contributed by atoms with van der Waals surface area (Å²) in [5, 5.41) is 6.64. The molecule has 0 unspecified atom stereocenters. The van der Waals surface area contributed by atoms with Crippen LogP contribution in [-0.2, 0) is 0 Å². The molecule has 3 heterocycles. The first-order valence-corrected chi connectivity index (χ1v) is 7.31. The summed E-state index contributed by atoms with van der Waals surface area (Å²) in [6.45, 7) is 2.25. The van der Waals surface area contributed by atoms with E-state index in [0.717, 1.165) is 42.0 Å². The fourth-order valence-corrected chi connectivity index (χ4v) is 3.14. The van der Waals surface area contributed by atoms with Gasteiger partial charge in [-0.15, -0.1) is 11.3 Å². The Hall–Kier alpha value is -1.44. The number of rotatable bonds is 3. The van der Waals surface area contributed by atoms with E-state index in [1.54, 1.807) is 11.3 Å². The molecule has 0 radical (unpaired) electrons. The zero-order valence-electron chi connectivity index (χ0n) is 10.9. The Morgan fingerprint density at radius 3 is 2.89 bits per heavy atom. The highest BCUT2D eigenvalue weighted by Crippen LogP contribution is 2.27. The predicted molar refractivity (Wildman–Crippen MR) is 79.4 cm³/mol. The van der Waals surface area contributed by atoms with E-state index in [-0.39, 0.29) is 0 Å². The van der Waals surface area contributed by atoms with Gasteiger partial charge in [0.1, 0.15) is 10.6 Å². The Kier molecular flexibility index (Phi) is 3.50. The molecule has 3 rings (SSSR count). The van der Waals surface area contributed by atoms with Crippen LogP contribution in [0.25, 0.3) is 10.2 Å². The molecular weight excluding hydrogens is 260 g/mol. The van der Waals surface area contributed by atoms with Gasteiger partial charge in [0.2, 0.25) is 5.95 Å². The molecule has 19 heavy (non-hydrogen) atoms.